The average molecular weight is 289 g/mol. The molecule has 0 bridgehead atoms. The van der Waals surface area contributed by atoms with E-state index < -0.39 is 5.97 Å². The van der Waals surface area contributed by atoms with Crippen LogP contribution < -0.4 is 5.32 Å². The molecule has 1 fully saturated rings. The van der Waals surface area contributed by atoms with Gasteiger partial charge in [0.2, 0.25) is 5.91 Å². The number of benzene rings is 1. The van der Waals surface area contributed by atoms with Crippen LogP contribution in [0, 0.1) is 25.2 Å². The van der Waals surface area contributed by atoms with Crippen molar-refractivity contribution in [1.82, 2.24) is 0 Å². The van der Waals surface area contributed by atoms with Crippen LogP contribution in [0.1, 0.15) is 54.6 Å². The second-order valence-electron chi connectivity index (χ2n) is 6.73. The summed E-state index contributed by atoms with van der Waals surface area (Å²) < 4.78 is 0. The average Bonchev–Trinajstić information content (AvgIpc) is 2.71. The molecule has 0 radical (unpaired) electrons. The first-order chi connectivity index (χ1) is 9.72. The van der Waals surface area contributed by atoms with Crippen LogP contribution in [-0.2, 0) is 4.79 Å². The summed E-state index contributed by atoms with van der Waals surface area (Å²) in [7, 11) is 0. The number of hydrogen-bond donors (Lipinski definition) is 2. The van der Waals surface area contributed by atoms with Gasteiger partial charge in [-0.3, -0.25) is 4.79 Å². The van der Waals surface area contributed by atoms with Crippen LogP contribution in [0.4, 0.5) is 5.69 Å². The zero-order valence-corrected chi connectivity index (χ0v) is 13.1. The first kappa shape index (κ1) is 15.5. The fraction of sp³-hybridized carbons (Fsp3) is 0.529. The molecule has 21 heavy (non-hydrogen) atoms. The number of carbonyl (C=O) groups is 2. The molecule has 0 heterocycles. The van der Waals surface area contributed by atoms with Gasteiger partial charge in [-0.2, -0.15) is 0 Å². The second-order valence-corrected chi connectivity index (χ2v) is 6.73. The number of rotatable bonds is 3. The highest BCUT2D eigenvalue weighted by molar-refractivity contribution is 6.02. The maximum absolute atomic E-state index is 12.5. The Morgan fingerprint density at radius 2 is 1.95 bits per heavy atom. The van der Waals surface area contributed by atoms with Crippen molar-refractivity contribution in [3.63, 3.8) is 0 Å². The summed E-state index contributed by atoms with van der Waals surface area (Å²) in [6.07, 6.45) is 2.94. The van der Waals surface area contributed by atoms with Crippen molar-refractivity contribution < 1.29 is 14.7 Å². The standard InChI is InChI=1S/C17H23NO3/c1-10-8-11(2)14(12(9-10)16(20)21)18-15(19)13-6-5-7-17(13,3)4/h8-9,13H,5-7H2,1-4H3,(H,18,19)(H,20,21). The highest BCUT2D eigenvalue weighted by Gasteiger charge is 2.39. The summed E-state index contributed by atoms with van der Waals surface area (Å²) in [5.74, 6) is -1.13. The van der Waals surface area contributed by atoms with Crippen molar-refractivity contribution in [1.29, 1.82) is 0 Å². The van der Waals surface area contributed by atoms with Crippen molar-refractivity contribution >= 4 is 17.6 Å². The molecule has 1 amide bonds. The molecule has 1 aliphatic carbocycles. The third-order valence-electron chi connectivity index (χ3n) is 4.53. The Balaban J connectivity index is 2.31. The van der Waals surface area contributed by atoms with Crippen molar-refractivity contribution in [3.8, 4) is 0 Å². The second kappa shape index (κ2) is 5.51. The molecular weight excluding hydrogens is 266 g/mol. The first-order valence-electron chi connectivity index (χ1n) is 7.38. The van der Waals surface area contributed by atoms with Gasteiger partial charge in [-0.25, -0.2) is 4.79 Å². The van der Waals surface area contributed by atoms with Gasteiger partial charge < -0.3 is 10.4 Å². The Hall–Kier alpha value is -1.84. The van der Waals surface area contributed by atoms with Gasteiger partial charge in [0.1, 0.15) is 0 Å². The van der Waals surface area contributed by atoms with Gasteiger partial charge in [0.05, 0.1) is 11.3 Å². The summed E-state index contributed by atoms with van der Waals surface area (Å²) in [6.45, 7) is 7.88. The zero-order valence-electron chi connectivity index (χ0n) is 13.1. The van der Waals surface area contributed by atoms with Crippen molar-refractivity contribution in [3.05, 3.63) is 28.8 Å². The number of aryl methyl sites for hydroxylation is 2. The molecule has 2 N–H and O–H groups in total. The summed E-state index contributed by atoms with van der Waals surface area (Å²) in [5, 5.41) is 12.2. The normalized spacial score (nSPS) is 20.3. The van der Waals surface area contributed by atoms with E-state index in [2.05, 4.69) is 19.2 Å². The molecule has 0 aliphatic heterocycles. The van der Waals surface area contributed by atoms with Gasteiger partial charge >= 0.3 is 5.97 Å². The number of aromatic carboxylic acids is 1. The van der Waals surface area contributed by atoms with Crippen LogP contribution in [0.2, 0.25) is 0 Å². The SMILES string of the molecule is Cc1cc(C)c(NC(=O)C2CCCC2(C)C)c(C(=O)O)c1. The number of anilines is 1. The fourth-order valence-corrected chi connectivity index (χ4v) is 3.33. The molecule has 0 saturated heterocycles. The van der Waals surface area contributed by atoms with Crippen LogP contribution >= 0.6 is 0 Å². The van der Waals surface area contributed by atoms with E-state index in [0.717, 1.165) is 30.4 Å². The quantitative estimate of drug-likeness (QED) is 0.890. The summed E-state index contributed by atoms with van der Waals surface area (Å²) in [5.41, 5.74) is 2.24. The molecule has 0 aromatic heterocycles. The van der Waals surface area contributed by atoms with Crippen LogP contribution in [-0.4, -0.2) is 17.0 Å². The fourth-order valence-electron chi connectivity index (χ4n) is 3.33. The minimum atomic E-state index is -1.01. The van der Waals surface area contributed by atoms with E-state index >= 15 is 0 Å². The lowest BCUT2D eigenvalue weighted by molar-refractivity contribution is -0.122. The Kier molecular flexibility index (Phi) is 4.08. The lowest BCUT2D eigenvalue weighted by atomic mass is 9.81. The third-order valence-corrected chi connectivity index (χ3v) is 4.53. The molecule has 2 rings (SSSR count). The smallest absolute Gasteiger partial charge is 0.337 e. The van der Waals surface area contributed by atoms with Crippen molar-refractivity contribution in [2.45, 2.75) is 47.0 Å². The van der Waals surface area contributed by atoms with E-state index in [-0.39, 0.29) is 22.8 Å². The molecule has 1 saturated carbocycles. The predicted molar refractivity (Wildman–Crippen MR) is 82.6 cm³/mol. The topological polar surface area (TPSA) is 66.4 Å². The van der Waals surface area contributed by atoms with Gasteiger partial charge in [-0.1, -0.05) is 26.3 Å². The van der Waals surface area contributed by atoms with Crippen LogP contribution in [0.25, 0.3) is 0 Å². The molecule has 1 aromatic carbocycles. The molecule has 1 atom stereocenters. The number of nitrogens with one attached hydrogen (secondary N) is 1. The van der Waals surface area contributed by atoms with E-state index in [1.807, 2.05) is 19.9 Å². The number of amides is 1. The van der Waals surface area contributed by atoms with E-state index in [1.165, 1.54) is 0 Å². The molecule has 1 aliphatic rings. The predicted octanol–water partition coefficient (Wildman–Crippen LogP) is 3.77. The summed E-state index contributed by atoms with van der Waals surface area (Å²) in [6, 6.07) is 3.49. The van der Waals surface area contributed by atoms with Crippen LogP contribution in [0.3, 0.4) is 0 Å². The molecule has 114 valence electrons. The molecule has 1 aromatic rings. The molecule has 4 heteroatoms. The van der Waals surface area contributed by atoms with E-state index in [4.69, 9.17) is 0 Å². The number of carboxylic acid groups (broad SMARTS) is 1. The Labute approximate surface area is 125 Å². The minimum Gasteiger partial charge on any atom is -0.478 e. The molecular formula is C17H23NO3. The van der Waals surface area contributed by atoms with Gasteiger partial charge in [-0.05, 0) is 49.3 Å². The largest absolute Gasteiger partial charge is 0.478 e. The maximum Gasteiger partial charge on any atom is 0.337 e. The van der Waals surface area contributed by atoms with Crippen molar-refractivity contribution in [2.75, 3.05) is 5.32 Å². The summed E-state index contributed by atoms with van der Waals surface area (Å²) >= 11 is 0. The van der Waals surface area contributed by atoms with Gasteiger partial charge in [0.25, 0.3) is 0 Å². The van der Waals surface area contributed by atoms with E-state index in [0.29, 0.717) is 5.69 Å². The number of carbonyl (C=O) groups excluding carboxylic acids is 1. The molecule has 1 unspecified atom stereocenters. The lowest BCUT2D eigenvalue weighted by Crippen LogP contribution is -2.31. The zero-order chi connectivity index (χ0) is 15.8. The number of carboxylic acids is 1. The lowest BCUT2D eigenvalue weighted by Gasteiger charge is -2.26. The Morgan fingerprint density at radius 3 is 2.48 bits per heavy atom. The van der Waals surface area contributed by atoms with E-state index in [9.17, 15) is 14.7 Å². The van der Waals surface area contributed by atoms with Gasteiger partial charge in [-0.15, -0.1) is 0 Å². The van der Waals surface area contributed by atoms with Gasteiger partial charge in [0.15, 0.2) is 0 Å². The highest BCUT2D eigenvalue weighted by Crippen LogP contribution is 2.43. The summed E-state index contributed by atoms with van der Waals surface area (Å²) in [4.78, 5) is 23.9. The molecule has 0 spiro atoms. The van der Waals surface area contributed by atoms with Crippen LogP contribution in [0.5, 0.6) is 0 Å². The Morgan fingerprint density at radius 1 is 1.29 bits per heavy atom. The van der Waals surface area contributed by atoms with E-state index in [1.54, 1.807) is 6.07 Å². The third kappa shape index (κ3) is 3.09. The first-order valence-corrected chi connectivity index (χ1v) is 7.38. The minimum absolute atomic E-state index is 0.0218. The van der Waals surface area contributed by atoms with Gasteiger partial charge in [0, 0.05) is 5.92 Å². The monoisotopic (exact) mass is 289 g/mol. The number of hydrogen-bond acceptors (Lipinski definition) is 2. The van der Waals surface area contributed by atoms with Crippen LogP contribution in [0.15, 0.2) is 12.1 Å². The molecule has 4 nitrogen and oxygen atoms in total. The highest BCUT2D eigenvalue weighted by atomic mass is 16.4. The maximum atomic E-state index is 12.5. The Bertz CT molecular complexity index is 590. The van der Waals surface area contributed by atoms with Crippen molar-refractivity contribution in [2.24, 2.45) is 11.3 Å².